The number of anilines is 1. The average molecular weight is 455 g/mol. The van der Waals surface area contributed by atoms with E-state index in [9.17, 15) is 27.2 Å². The normalized spacial score (nSPS) is 22.1. The molecular weight excluding hydrogens is 434 g/mol. The van der Waals surface area contributed by atoms with E-state index in [0.29, 0.717) is 0 Å². The zero-order chi connectivity index (χ0) is 23.8. The van der Waals surface area contributed by atoms with Crippen LogP contribution in [-0.4, -0.2) is 35.1 Å². The number of carbonyl (C=O) groups excluding carboxylic acids is 2. The van der Waals surface area contributed by atoms with Crippen molar-refractivity contribution in [2.45, 2.75) is 45.0 Å². The number of carbonyl (C=O) groups is 2. The molecule has 0 unspecified atom stereocenters. The number of amides is 2. The van der Waals surface area contributed by atoms with Gasteiger partial charge in [0.15, 0.2) is 11.6 Å². The Kier molecular flexibility index (Phi) is 6.40. The molecule has 7 nitrogen and oxygen atoms in total. The van der Waals surface area contributed by atoms with E-state index in [1.807, 2.05) is 0 Å². The molecule has 1 aromatic heterocycles. The summed E-state index contributed by atoms with van der Waals surface area (Å²) in [4.78, 5) is 28.2. The molecule has 3 atom stereocenters. The van der Waals surface area contributed by atoms with Crippen LogP contribution in [0.3, 0.4) is 0 Å². The number of hydrogen-bond donors (Lipinski definition) is 2. The van der Waals surface area contributed by atoms with Gasteiger partial charge in [0, 0.05) is 23.4 Å². The van der Waals surface area contributed by atoms with Gasteiger partial charge in [0.05, 0.1) is 5.60 Å². The number of alkyl halides is 2. The lowest BCUT2D eigenvalue weighted by Gasteiger charge is -2.26. The zero-order valence-corrected chi connectivity index (χ0v) is 17.4. The third-order valence-electron chi connectivity index (χ3n) is 5.58. The number of nitrogens with one attached hydrogen (secondary N) is 1. The number of ether oxygens (including phenoxy) is 2. The Hall–Kier alpha value is -3.21. The minimum absolute atomic E-state index is 0.0892. The van der Waals surface area contributed by atoms with Crippen LogP contribution in [0.25, 0.3) is 0 Å². The summed E-state index contributed by atoms with van der Waals surface area (Å²) in [5.74, 6) is -6.86. The Bertz CT molecular complexity index is 1050. The van der Waals surface area contributed by atoms with Crippen molar-refractivity contribution in [1.29, 1.82) is 0 Å². The molecule has 0 aliphatic carbocycles. The number of benzene rings is 1. The smallest absolute Gasteiger partial charge is 0.387 e. The molecule has 1 aliphatic rings. The highest BCUT2D eigenvalue weighted by atomic mass is 19.3. The monoisotopic (exact) mass is 455 g/mol. The van der Waals surface area contributed by atoms with Crippen LogP contribution in [0.2, 0.25) is 0 Å². The third-order valence-corrected chi connectivity index (χ3v) is 5.58. The van der Waals surface area contributed by atoms with Gasteiger partial charge in [0.25, 0.3) is 11.8 Å². The van der Waals surface area contributed by atoms with E-state index >= 15 is 0 Å². The molecule has 1 aromatic carbocycles. The summed E-state index contributed by atoms with van der Waals surface area (Å²) in [5.41, 5.74) is 4.24. The Labute approximate surface area is 180 Å². The number of nitrogens with two attached hydrogens (primary N) is 1. The lowest BCUT2D eigenvalue weighted by Crippen LogP contribution is -2.33. The molecule has 2 amide bonds. The molecule has 3 rings (SSSR count). The second kappa shape index (κ2) is 8.73. The maximum absolute atomic E-state index is 14.4. The van der Waals surface area contributed by atoms with Gasteiger partial charge < -0.3 is 20.5 Å². The first-order chi connectivity index (χ1) is 14.9. The van der Waals surface area contributed by atoms with E-state index < -0.39 is 59.4 Å². The van der Waals surface area contributed by atoms with E-state index in [1.54, 1.807) is 20.8 Å². The maximum atomic E-state index is 14.4. The summed E-state index contributed by atoms with van der Waals surface area (Å²) in [7, 11) is 0. The Morgan fingerprint density at radius 3 is 2.56 bits per heavy atom. The number of nitrogens with zero attached hydrogens (tertiary/aromatic N) is 1. The summed E-state index contributed by atoms with van der Waals surface area (Å²) >= 11 is 0. The van der Waals surface area contributed by atoms with E-state index in [0.717, 1.165) is 12.1 Å². The lowest BCUT2D eigenvalue weighted by atomic mass is 9.78. The van der Waals surface area contributed by atoms with Gasteiger partial charge in [-0.2, -0.15) is 13.2 Å². The fourth-order valence-electron chi connectivity index (χ4n) is 3.73. The summed E-state index contributed by atoms with van der Waals surface area (Å²) in [6.45, 7) is 1.65. The summed E-state index contributed by atoms with van der Waals surface area (Å²) in [5, 5.41) is 2.55. The van der Waals surface area contributed by atoms with E-state index in [2.05, 4.69) is 15.0 Å². The van der Waals surface area contributed by atoms with Crippen molar-refractivity contribution in [2.24, 2.45) is 11.7 Å². The molecule has 0 bridgehead atoms. The predicted molar refractivity (Wildman–Crippen MR) is 105 cm³/mol. The highest BCUT2D eigenvalue weighted by molar-refractivity contribution is 5.97. The number of rotatable bonds is 6. The largest absolute Gasteiger partial charge is 0.431 e. The van der Waals surface area contributed by atoms with Gasteiger partial charge in [-0.3, -0.25) is 14.6 Å². The van der Waals surface area contributed by atoms with Gasteiger partial charge in [-0.15, -0.1) is 0 Å². The molecule has 1 fully saturated rings. The molecule has 172 valence electrons. The molecule has 1 saturated heterocycles. The Balaban J connectivity index is 2.01. The van der Waals surface area contributed by atoms with Crippen molar-refractivity contribution >= 4 is 17.5 Å². The average Bonchev–Trinajstić information content (AvgIpc) is 2.95. The predicted octanol–water partition coefficient (Wildman–Crippen LogP) is 3.60. The Morgan fingerprint density at radius 1 is 1.25 bits per heavy atom. The second-order valence-electron chi connectivity index (χ2n) is 7.90. The summed E-state index contributed by atoms with van der Waals surface area (Å²) < 4.78 is 64.1. The maximum Gasteiger partial charge on any atom is 0.387 e. The van der Waals surface area contributed by atoms with Crippen molar-refractivity contribution < 1.29 is 36.6 Å². The zero-order valence-electron chi connectivity index (χ0n) is 17.4. The van der Waals surface area contributed by atoms with Crippen LogP contribution in [0.15, 0.2) is 30.5 Å². The van der Waals surface area contributed by atoms with Crippen molar-refractivity contribution in [3.05, 3.63) is 53.4 Å². The fourth-order valence-corrected chi connectivity index (χ4v) is 3.73. The van der Waals surface area contributed by atoms with Crippen LogP contribution in [0, 0.1) is 17.6 Å². The first-order valence-electron chi connectivity index (χ1n) is 9.59. The quantitative estimate of drug-likeness (QED) is 0.648. The van der Waals surface area contributed by atoms with Crippen molar-refractivity contribution in [3.8, 4) is 5.75 Å². The first kappa shape index (κ1) is 23.5. The minimum atomic E-state index is -3.41. The number of aromatic nitrogens is 1. The van der Waals surface area contributed by atoms with Gasteiger partial charge in [-0.25, -0.2) is 4.39 Å². The molecule has 32 heavy (non-hydrogen) atoms. The third kappa shape index (κ3) is 4.52. The molecule has 1 aliphatic heterocycles. The van der Waals surface area contributed by atoms with Crippen LogP contribution < -0.4 is 15.8 Å². The van der Waals surface area contributed by atoms with Crippen molar-refractivity contribution in [3.63, 3.8) is 0 Å². The highest BCUT2D eigenvalue weighted by Gasteiger charge is 2.51. The van der Waals surface area contributed by atoms with E-state index in [4.69, 9.17) is 10.5 Å². The summed E-state index contributed by atoms with van der Waals surface area (Å²) in [6, 6.07) is 4.53. The van der Waals surface area contributed by atoms with Crippen LogP contribution in [0.5, 0.6) is 5.75 Å². The number of halogens is 4. The van der Waals surface area contributed by atoms with Crippen LogP contribution >= 0.6 is 0 Å². The molecule has 3 N–H and O–H groups in total. The molecule has 0 saturated carbocycles. The number of pyridine rings is 1. The molecular formula is C21H21F4N3O4. The molecule has 0 spiro atoms. The van der Waals surface area contributed by atoms with Gasteiger partial charge in [0.1, 0.15) is 11.8 Å². The lowest BCUT2D eigenvalue weighted by molar-refractivity contribution is -0.131. The SMILES string of the molecule is C[C@@H]1[C@H](c2ccc(F)c(F)c2OC(F)F)[C@@H](C(=O)Nc2ccnc(C(N)=O)c2)OC1(C)C. The Morgan fingerprint density at radius 2 is 1.94 bits per heavy atom. The topological polar surface area (TPSA) is 104 Å². The number of hydrogen-bond acceptors (Lipinski definition) is 5. The molecule has 0 radical (unpaired) electrons. The second-order valence-corrected chi connectivity index (χ2v) is 7.90. The molecule has 2 heterocycles. The van der Waals surface area contributed by atoms with Crippen molar-refractivity contribution in [2.75, 3.05) is 5.32 Å². The summed E-state index contributed by atoms with van der Waals surface area (Å²) in [6.07, 6.45) is -0.00536. The van der Waals surface area contributed by atoms with Gasteiger partial charge in [-0.1, -0.05) is 13.0 Å². The van der Waals surface area contributed by atoms with E-state index in [-0.39, 0.29) is 16.9 Å². The van der Waals surface area contributed by atoms with Gasteiger partial charge in [-0.05, 0) is 38.0 Å². The van der Waals surface area contributed by atoms with E-state index in [1.165, 1.54) is 18.3 Å². The minimum Gasteiger partial charge on any atom is -0.431 e. The van der Waals surface area contributed by atoms with Gasteiger partial charge >= 0.3 is 6.61 Å². The van der Waals surface area contributed by atoms with Crippen LogP contribution in [-0.2, 0) is 9.53 Å². The number of primary amides is 1. The van der Waals surface area contributed by atoms with Crippen LogP contribution in [0.4, 0.5) is 23.2 Å². The first-order valence-corrected chi connectivity index (χ1v) is 9.59. The molecule has 2 aromatic rings. The molecule has 11 heteroatoms. The van der Waals surface area contributed by atoms with Crippen molar-refractivity contribution in [1.82, 2.24) is 4.98 Å². The van der Waals surface area contributed by atoms with Crippen LogP contribution in [0.1, 0.15) is 42.7 Å². The standard InChI is InChI=1S/C21H21F4N3O4/c1-9-14(11-4-5-12(22)15(23)16(11)31-20(24)25)17(32-21(9,2)3)19(30)28-10-6-7-27-13(8-10)18(26)29/h4-9,14,17,20H,1-3H3,(H2,26,29)(H,27,28,30)/t9-,14-,17+/m1/s1. The fraction of sp³-hybridized carbons (Fsp3) is 0.381. The highest BCUT2D eigenvalue weighted by Crippen LogP contribution is 2.49. The van der Waals surface area contributed by atoms with Gasteiger partial charge in [0.2, 0.25) is 5.82 Å².